The van der Waals surface area contributed by atoms with Crippen LogP contribution in [0.15, 0.2) is 12.4 Å². The minimum absolute atomic E-state index is 0.299. The summed E-state index contributed by atoms with van der Waals surface area (Å²) < 4.78 is 0. The van der Waals surface area contributed by atoms with Gasteiger partial charge in [0, 0.05) is 6.20 Å². The van der Waals surface area contributed by atoms with Crippen molar-refractivity contribution in [2.24, 2.45) is 5.73 Å². The molecule has 3 nitrogen and oxygen atoms in total. The maximum Gasteiger partial charge on any atom is 0.124 e. The van der Waals surface area contributed by atoms with Gasteiger partial charge >= 0.3 is 0 Å². The van der Waals surface area contributed by atoms with Crippen LogP contribution in [0.3, 0.4) is 0 Å². The SMILES string of the molecule is CCc1cncc(C(N)=S)n1. The molecule has 0 bridgehead atoms. The number of rotatable bonds is 2. The lowest BCUT2D eigenvalue weighted by Crippen LogP contribution is -2.12. The highest BCUT2D eigenvalue weighted by atomic mass is 32.1. The second kappa shape index (κ2) is 3.39. The van der Waals surface area contributed by atoms with Crippen LogP contribution in [0.4, 0.5) is 0 Å². The van der Waals surface area contributed by atoms with Gasteiger partial charge in [0.25, 0.3) is 0 Å². The number of nitrogens with two attached hydrogens (primary N) is 1. The zero-order valence-electron chi connectivity index (χ0n) is 6.24. The fraction of sp³-hybridized carbons (Fsp3) is 0.286. The minimum atomic E-state index is 0.299. The van der Waals surface area contributed by atoms with Crippen LogP contribution in [0, 0.1) is 0 Å². The van der Waals surface area contributed by atoms with E-state index in [1.807, 2.05) is 6.92 Å². The van der Waals surface area contributed by atoms with E-state index in [2.05, 4.69) is 9.97 Å². The van der Waals surface area contributed by atoms with E-state index in [9.17, 15) is 0 Å². The molecule has 0 amide bonds. The average molecular weight is 167 g/mol. The van der Waals surface area contributed by atoms with E-state index in [-0.39, 0.29) is 0 Å². The minimum Gasteiger partial charge on any atom is -0.388 e. The Balaban J connectivity index is 3.01. The Morgan fingerprint density at radius 1 is 1.64 bits per heavy atom. The van der Waals surface area contributed by atoms with E-state index in [1.165, 1.54) is 0 Å². The highest BCUT2D eigenvalue weighted by Gasteiger charge is 1.98. The second-order valence-corrected chi connectivity index (χ2v) is 2.55. The van der Waals surface area contributed by atoms with E-state index in [0.717, 1.165) is 12.1 Å². The van der Waals surface area contributed by atoms with Gasteiger partial charge in [-0.25, -0.2) is 4.98 Å². The molecule has 0 radical (unpaired) electrons. The molecule has 0 spiro atoms. The number of nitrogens with zero attached hydrogens (tertiary/aromatic N) is 2. The van der Waals surface area contributed by atoms with Crippen molar-refractivity contribution < 1.29 is 0 Å². The Labute approximate surface area is 70.7 Å². The summed E-state index contributed by atoms with van der Waals surface area (Å²) in [5.41, 5.74) is 6.88. The molecular weight excluding hydrogens is 158 g/mol. The third-order valence-corrected chi connectivity index (χ3v) is 1.51. The van der Waals surface area contributed by atoms with Crippen LogP contribution < -0.4 is 5.73 Å². The van der Waals surface area contributed by atoms with Crippen LogP contribution in [0.25, 0.3) is 0 Å². The van der Waals surface area contributed by atoms with Crippen molar-refractivity contribution in [1.29, 1.82) is 0 Å². The molecule has 2 N–H and O–H groups in total. The number of hydrogen-bond acceptors (Lipinski definition) is 3. The smallest absolute Gasteiger partial charge is 0.124 e. The lowest BCUT2D eigenvalue weighted by Gasteiger charge is -1.98. The van der Waals surface area contributed by atoms with Gasteiger partial charge in [-0.05, 0) is 6.42 Å². The van der Waals surface area contributed by atoms with Crippen LogP contribution in [0.2, 0.25) is 0 Å². The van der Waals surface area contributed by atoms with E-state index in [4.69, 9.17) is 18.0 Å². The highest BCUT2D eigenvalue weighted by Crippen LogP contribution is 1.96. The standard InChI is InChI=1S/C7H9N3S/c1-2-5-3-9-4-6(10-5)7(8)11/h3-4H,2H2,1H3,(H2,8,11). The summed E-state index contributed by atoms with van der Waals surface area (Å²) in [5, 5.41) is 0. The largest absolute Gasteiger partial charge is 0.388 e. The maximum absolute atomic E-state index is 5.37. The monoisotopic (exact) mass is 167 g/mol. The Bertz CT molecular complexity index is 272. The summed E-state index contributed by atoms with van der Waals surface area (Å²) in [6, 6.07) is 0. The van der Waals surface area contributed by atoms with Crippen molar-refractivity contribution in [3.05, 3.63) is 23.8 Å². The molecule has 1 rings (SSSR count). The van der Waals surface area contributed by atoms with E-state index in [0.29, 0.717) is 10.7 Å². The normalized spacial score (nSPS) is 9.55. The predicted octanol–water partition coefficient (Wildman–Crippen LogP) is 0.673. The summed E-state index contributed by atoms with van der Waals surface area (Å²) >= 11 is 4.74. The van der Waals surface area contributed by atoms with Crippen LogP contribution in [-0.4, -0.2) is 15.0 Å². The zero-order chi connectivity index (χ0) is 8.27. The third kappa shape index (κ3) is 1.94. The van der Waals surface area contributed by atoms with Gasteiger partial charge in [-0.2, -0.15) is 0 Å². The van der Waals surface area contributed by atoms with Gasteiger partial charge in [-0.15, -0.1) is 0 Å². The quantitative estimate of drug-likeness (QED) is 0.658. The average Bonchev–Trinajstić information content (AvgIpc) is 2.05. The number of hydrogen-bond donors (Lipinski definition) is 1. The van der Waals surface area contributed by atoms with E-state index < -0.39 is 0 Å². The summed E-state index contributed by atoms with van der Waals surface area (Å²) in [5.74, 6) is 0. The molecule has 0 atom stereocenters. The highest BCUT2D eigenvalue weighted by molar-refractivity contribution is 7.80. The molecule has 0 unspecified atom stereocenters. The van der Waals surface area contributed by atoms with Crippen LogP contribution >= 0.6 is 12.2 Å². The Morgan fingerprint density at radius 3 is 2.91 bits per heavy atom. The molecule has 0 aromatic carbocycles. The molecule has 1 aromatic rings. The fourth-order valence-corrected chi connectivity index (χ4v) is 0.794. The summed E-state index contributed by atoms with van der Waals surface area (Å²) in [6.45, 7) is 2.01. The molecule has 0 saturated heterocycles. The molecule has 1 aromatic heterocycles. The van der Waals surface area contributed by atoms with Gasteiger partial charge < -0.3 is 5.73 Å². The van der Waals surface area contributed by atoms with Gasteiger partial charge in [0.15, 0.2) is 0 Å². The topological polar surface area (TPSA) is 51.8 Å². The van der Waals surface area contributed by atoms with Crippen molar-refractivity contribution in [3.8, 4) is 0 Å². The number of thiocarbonyl (C=S) groups is 1. The molecule has 1 heterocycles. The van der Waals surface area contributed by atoms with Gasteiger partial charge in [0.2, 0.25) is 0 Å². The maximum atomic E-state index is 5.37. The van der Waals surface area contributed by atoms with Crippen LogP contribution in [0.5, 0.6) is 0 Å². The predicted molar refractivity (Wildman–Crippen MR) is 47.3 cm³/mol. The van der Waals surface area contributed by atoms with Gasteiger partial charge in [0.05, 0.1) is 11.9 Å². The lowest BCUT2D eigenvalue weighted by atomic mass is 10.3. The zero-order valence-corrected chi connectivity index (χ0v) is 7.06. The summed E-state index contributed by atoms with van der Waals surface area (Å²) in [7, 11) is 0. The molecule has 0 aliphatic carbocycles. The number of aromatic nitrogens is 2. The molecule has 0 aliphatic rings. The van der Waals surface area contributed by atoms with E-state index >= 15 is 0 Å². The summed E-state index contributed by atoms with van der Waals surface area (Å²) in [4.78, 5) is 8.41. The first kappa shape index (κ1) is 8.07. The van der Waals surface area contributed by atoms with Crippen LogP contribution in [0.1, 0.15) is 18.3 Å². The lowest BCUT2D eigenvalue weighted by molar-refractivity contribution is 0.992. The molecule has 0 aliphatic heterocycles. The third-order valence-electron chi connectivity index (χ3n) is 1.30. The second-order valence-electron chi connectivity index (χ2n) is 2.11. The molecule has 4 heteroatoms. The molecule has 0 fully saturated rings. The van der Waals surface area contributed by atoms with Crippen molar-refractivity contribution >= 4 is 17.2 Å². The van der Waals surface area contributed by atoms with Gasteiger partial charge in [-0.3, -0.25) is 4.98 Å². The molecule has 0 saturated carbocycles. The Hall–Kier alpha value is -1.03. The molecule has 11 heavy (non-hydrogen) atoms. The van der Waals surface area contributed by atoms with Gasteiger partial charge in [-0.1, -0.05) is 19.1 Å². The number of aryl methyl sites for hydroxylation is 1. The van der Waals surface area contributed by atoms with Crippen molar-refractivity contribution in [2.45, 2.75) is 13.3 Å². The van der Waals surface area contributed by atoms with Crippen molar-refractivity contribution in [3.63, 3.8) is 0 Å². The molecule has 58 valence electrons. The first-order valence-corrected chi connectivity index (χ1v) is 3.75. The Kier molecular flexibility index (Phi) is 2.48. The van der Waals surface area contributed by atoms with Gasteiger partial charge in [0.1, 0.15) is 10.7 Å². The first-order chi connectivity index (χ1) is 5.24. The first-order valence-electron chi connectivity index (χ1n) is 3.34. The van der Waals surface area contributed by atoms with E-state index in [1.54, 1.807) is 12.4 Å². The molecular formula is C7H9N3S. The Morgan fingerprint density at radius 2 is 2.36 bits per heavy atom. The van der Waals surface area contributed by atoms with Crippen LogP contribution in [-0.2, 0) is 6.42 Å². The fourth-order valence-electron chi connectivity index (χ4n) is 0.695. The van der Waals surface area contributed by atoms with Crippen molar-refractivity contribution in [2.75, 3.05) is 0 Å². The van der Waals surface area contributed by atoms with Crippen molar-refractivity contribution in [1.82, 2.24) is 9.97 Å². The summed E-state index contributed by atoms with van der Waals surface area (Å²) in [6.07, 6.45) is 4.13.